The Labute approximate surface area is 119 Å². The van der Waals surface area contributed by atoms with E-state index in [1.807, 2.05) is 0 Å². The van der Waals surface area contributed by atoms with Crippen molar-refractivity contribution >= 4 is 22.5 Å². The molecular weight excluding hydrogens is 282 g/mol. The van der Waals surface area contributed by atoms with E-state index in [1.54, 1.807) is 31.3 Å². The van der Waals surface area contributed by atoms with E-state index in [1.165, 1.54) is 0 Å². The molecular formula is C15H9ClF2N2. The lowest BCUT2D eigenvalue weighted by Crippen LogP contribution is -1.97. The van der Waals surface area contributed by atoms with Crippen LogP contribution in [0.15, 0.2) is 36.5 Å². The van der Waals surface area contributed by atoms with Gasteiger partial charge in [-0.05, 0) is 36.8 Å². The molecule has 3 aromatic rings. The summed E-state index contributed by atoms with van der Waals surface area (Å²) in [5, 5.41) is 0.163. The van der Waals surface area contributed by atoms with Crippen molar-refractivity contribution in [3.05, 3.63) is 58.7 Å². The summed E-state index contributed by atoms with van der Waals surface area (Å²) < 4.78 is 27.7. The first-order valence-corrected chi connectivity index (χ1v) is 6.32. The fourth-order valence-electron chi connectivity index (χ4n) is 2.10. The second-order valence-corrected chi connectivity index (χ2v) is 4.75. The first kappa shape index (κ1) is 12.9. The van der Waals surface area contributed by atoms with Crippen LogP contribution in [0.5, 0.6) is 0 Å². The number of aromatic nitrogens is 2. The van der Waals surface area contributed by atoms with Gasteiger partial charge in [0.2, 0.25) is 0 Å². The lowest BCUT2D eigenvalue weighted by atomic mass is 10.1. The standard InChI is InChI=1S/C15H9ClF2N2/c1-8-13(16)12-9(17)5-6-10(18)15(12)20-14(8)11-4-2-3-7-19-11/h2-7H,1H3. The molecule has 0 aliphatic rings. The van der Waals surface area contributed by atoms with Crippen LogP contribution in [0.4, 0.5) is 8.78 Å². The van der Waals surface area contributed by atoms with Crippen LogP contribution in [0.25, 0.3) is 22.3 Å². The van der Waals surface area contributed by atoms with Crippen molar-refractivity contribution in [2.24, 2.45) is 0 Å². The molecule has 0 bridgehead atoms. The highest BCUT2D eigenvalue weighted by Crippen LogP contribution is 2.34. The van der Waals surface area contributed by atoms with E-state index in [0.717, 1.165) is 12.1 Å². The Kier molecular flexibility index (Phi) is 3.10. The van der Waals surface area contributed by atoms with Gasteiger partial charge in [-0.15, -0.1) is 0 Å². The maximum Gasteiger partial charge on any atom is 0.149 e. The van der Waals surface area contributed by atoms with Gasteiger partial charge in [0, 0.05) is 6.20 Å². The fourth-order valence-corrected chi connectivity index (χ4v) is 2.37. The van der Waals surface area contributed by atoms with E-state index in [-0.39, 0.29) is 15.9 Å². The third kappa shape index (κ3) is 1.93. The minimum absolute atomic E-state index is 0.00356. The van der Waals surface area contributed by atoms with Gasteiger partial charge in [0.05, 0.1) is 21.8 Å². The van der Waals surface area contributed by atoms with E-state index in [4.69, 9.17) is 11.6 Å². The number of pyridine rings is 2. The molecule has 0 N–H and O–H groups in total. The van der Waals surface area contributed by atoms with Crippen LogP contribution in [0, 0.1) is 18.6 Å². The van der Waals surface area contributed by atoms with Gasteiger partial charge in [0.25, 0.3) is 0 Å². The van der Waals surface area contributed by atoms with Crippen molar-refractivity contribution in [3.8, 4) is 11.4 Å². The minimum Gasteiger partial charge on any atom is -0.255 e. The molecule has 2 aromatic heterocycles. The van der Waals surface area contributed by atoms with Crippen LogP contribution in [0.2, 0.25) is 5.02 Å². The van der Waals surface area contributed by atoms with Gasteiger partial charge >= 0.3 is 0 Å². The summed E-state index contributed by atoms with van der Waals surface area (Å²) in [6, 6.07) is 7.39. The largest absolute Gasteiger partial charge is 0.255 e. The molecule has 2 heterocycles. The third-order valence-electron chi connectivity index (χ3n) is 3.11. The Morgan fingerprint density at radius 1 is 1.05 bits per heavy atom. The molecule has 0 unspecified atom stereocenters. The molecule has 0 saturated heterocycles. The smallest absolute Gasteiger partial charge is 0.149 e. The fraction of sp³-hybridized carbons (Fsp3) is 0.0667. The molecule has 1 aromatic carbocycles. The number of fused-ring (bicyclic) bond motifs is 1. The van der Waals surface area contributed by atoms with Gasteiger partial charge in [-0.25, -0.2) is 13.8 Å². The maximum atomic E-state index is 13.9. The average molecular weight is 291 g/mol. The van der Waals surface area contributed by atoms with Crippen LogP contribution in [-0.4, -0.2) is 9.97 Å². The van der Waals surface area contributed by atoms with Crippen molar-refractivity contribution in [2.45, 2.75) is 6.92 Å². The molecule has 5 heteroatoms. The van der Waals surface area contributed by atoms with E-state index in [2.05, 4.69) is 9.97 Å². The van der Waals surface area contributed by atoms with Gasteiger partial charge in [-0.3, -0.25) is 4.98 Å². The van der Waals surface area contributed by atoms with Crippen molar-refractivity contribution in [1.29, 1.82) is 0 Å². The molecule has 0 saturated carbocycles. The topological polar surface area (TPSA) is 25.8 Å². The summed E-state index contributed by atoms with van der Waals surface area (Å²) in [4.78, 5) is 8.38. The molecule has 0 atom stereocenters. The van der Waals surface area contributed by atoms with E-state index in [0.29, 0.717) is 17.0 Å². The van der Waals surface area contributed by atoms with Gasteiger partial charge in [0.1, 0.15) is 17.2 Å². The highest BCUT2D eigenvalue weighted by atomic mass is 35.5. The van der Waals surface area contributed by atoms with Crippen LogP contribution >= 0.6 is 11.6 Å². The number of rotatable bonds is 1. The van der Waals surface area contributed by atoms with Gasteiger partial charge < -0.3 is 0 Å². The zero-order valence-electron chi connectivity index (χ0n) is 10.5. The van der Waals surface area contributed by atoms with Crippen molar-refractivity contribution < 1.29 is 8.78 Å². The molecule has 2 nitrogen and oxygen atoms in total. The summed E-state index contributed by atoms with van der Waals surface area (Å²) in [6.45, 7) is 1.71. The predicted molar refractivity (Wildman–Crippen MR) is 74.6 cm³/mol. The summed E-state index contributed by atoms with van der Waals surface area (Å²) in [6.07, 6.45) is 1.61. The van der Waals surface area contributed by atoms with Crippen LogP contribution < -0.4 is 0 Å². The Bertz CT molecular complexity index is 804. The van der Waals surface area contributed by atoms with E-state index in [9.17, 15) is 8.78 Å². The summed E-state index contributed by atoms with van der Waals surface area (Å²) in [5.74, 6) is -1.20. The summed E-state index contributed by atoms with van der Waals surface area (Å²) in [5.41, 5.74) is 1.51. The number of halogens is 3. The third-order valence-corrected chi connectivity index (χ3v) is 3.59. The lowest BCUT2D eigenvalue weighted by Gasteiger charge is -2.10. The summed E-state index contributed by atoms with van der Waals surface area (Å²) >= 11 is 6.18. The second-order valence-electron chi connectivity index (χ2n) is 4.37. The molecule has 0 spiro atoms. The molecule has 3 rings (SSSR count). The Balaban J connectivity index is 2.42. The van der Waals surface area contributed by atoms with Gasteiger partial charge in [0.15, 0.2) is 0 Å². The molecule has 20 heavy (non-hydrogen) atoms. The monoisotopic (exact) mass is 290 g/mol. The highest BCUT2D eigenvalue weighted by Gasteiger charge is 2.17. The highest BCUT2D eigenvalue weighted by molar-refractivity contribution is 6.36. The van der Waals surface area contributed by atoms with E-state index >= 15 is 0 Å². The molecule has 0 aliphatic carbocycles. The Morgan fingerprint density at radius 2 is 1.80 bits per heavy atom. The Hall–Kier alpha value is -2.07. The zero-order valence-corrected chi connectivity index (χ0v) is 11.2. The molecule has 0 amide bonds. The van der Waals surface area contributed by atoms with Crippen LogP contribution in [0.3, 0.4) is 0 Å². The predicted octanol–water partition coefficient (Wildman–Crippen LogP) is 4.54. The molecule has 100 valence electrons. The normalized spacial score (nSPS) is 11.0. The SMILES string of the molecule is Cc1c(-c2ccccn2)nc2c(F)ccc(F)c2c1Cl. The first-order valence-electron chi connectivity index (χ1n) is 5.95. The number of hydrogen-bond donors (Lipinski definition) is 0. The van der Waals surface area contributed by atoms with Crippen LogP contribution in [-0.2, 0) is 0 Å². The average Bonchev–Trinajstić information content (AvgIpc) is 2.47. The second kappa shape index (κ2) is 4.80. The van der Waals surface area contributed by atoms with Gasteiger partial charge in [-0.1, -0.05) is 17.7 Å². The Morgan fingerprint density at radius 3 is 2.50 bits per heavy atom. The number of hydrogen-bond acceptors (Lipinski definition) is 2. The minimum atomic E-state index is -0.611. The number of benzene rings is 1. The first-order chi connectivity index (χ1) is 9.59. The van der Waals surface area contributed by atoms with Gasteiger partial charge in [-0.2, -0.15) is 0 Å². The quantitative estimate of drug-likeness (QED) is 0.658. The molecule has 0 aliphatic heterocycles. The van der Waals surface area contributed by atoms with Crippen LogP contribution in [0.1, 0.15) is 5.56 Å². The van der Waals surface area contributed by atoms with Crippen molar-refractivity contribution in [3.63, 3.8) is 0 Å². The molecule has 0 radical (unpaired) electrons. The van der Waals surface area contributed by atoms with Crippen molar-refractivity contribution in [1.82, 2.24) is 9.97 Å². The van der Waals surface area contributed by atoms with Crippen molar-refractivity contribution in [2.75, 3.05) is 0 Å². The summed E-state index contributed by atoms with van der Waals surface area (Å²) in [7, 11) is 0. The zero-order chi connectivity index (χ0) is 14.3. The lowest BCUT2D eigenvalue weighted by molar-refractivity contribution is 0.615. The number of nitrogens with zero attached hydrogens (tertiary/aromatic N) is 2. The molecule has 0 fully saturated rings. The maximum absolute atomic E-state index is 13.9. The van der Waals surface area contributed by atoms with E-state index < -0.39 is 11.6 Å².